The number of hydrogen-bond acceptors (Lipinski definition) is 3. The Balaban J connectivity index is 2.34. The lowest BCUT2D eigenvalue weighted by Crippen LogP contribution is -2.51. The van der Waals surface area contributed by atoms with Crippen molar-refractivity contribution in [2.24, 2.45) is 0 Å². The first kappa shape index (κ1) is 15.3. The molecule has 0 aliphatic carbocycles. The van der Waals surface area contributed by atoms with Crippen LogP contribution in [0, 0.1) is 0 Å². The maximum absolute atomic E-state index is 12.6. The maximum atomic E-state index is 12.6. The van der Waals surface area contributed by atoms with E-state index in [0.29, 0.717) is 12.6 Å². The van der Waals surface area contributed by atoms with Crippen LogP contribution >= 0.6 is 0 Å². The molecule has 8 heteroatoms. The SMILES string of the molecule is CC1CN(S(=O)(=O)c2cccc(C(F)(F)F)c2)CCN1. The first-order chi connectivity index (χ1) is 9.21. The number of sulfonamides is 1. The third-order valence-electron chi connectivity index (χ3n) is 3.13. The smallest absolute Gasteiger partial charge is 0.312 e. The van der Waals surface area contributed by atoms with Crippen LogP contribution in [0.5, 0.6) is 0 Å². The number of halogens is 3. The molecule has 1 atom stereocenters. The highest BCUT2D eigenvalue weighted by Crippen LogP contribution is 2.31. The van der Waals surface area contributed by atoms with Crippen LogP contribution in [0.3, 0.4) is 0 Å². The molecule has 1 N–H and O–H groups in total. The summed E-state index contributed by atoms with van der Waals surface area (Å²) < 4.78 is 63.8. The van der Waals surface area contributed by atoms with Crippen LogP contribution in [0.15, 0.2) is 29.2 Å². The molecule has 0 bridgehead atoms. The molecular formula is C12H15F3N2O2S. The fourth-order valence-electron chi connectivity index (χ4n) is 2.10. The lowest BCUT2D eigenvalue weighted by Gasteiger charge is -2.31. The molecule has 1 aromatic carbocycles. The lowest BCUT2D eigenvalue weighted by atomic mass is 10.2. The van der Waals surface area contributed by atoms with Gasteiger partial charge in [0.15, 0.2) is 0 Å². The first-order valence-corrected chi connectivity index (χ1v) is 7.56. The minimum absolute atomic E-state index is 0.0238. The predicted octanol–water partition coefficient (Wildman–Crippen LogP) is 1.69. The Morgan fingerprint density at radius 2 is 2.05 bits per heavy atom. The van der Waals surface area contributed by atoms with Crippen molar-refractivity contribution >= 4 is 10.0 Å². The Kier molecular flexibility index (Phi) is 4.08. The minimum Gasteiger partial charge on any atom is -0.312 e. The zero-order valence-electron chi connectivity index (χ0n) is 10.8. The maximum Gasteiger partial charge on any atom is 0.416 e. The molecule has 1 aromatic rings. The highest BCUT2D eigenvalue weighted by Gasteiger charge is 2.33. The van der Waals surface area contributed by atoms with Gasteiger partial charge < -0.3 is 5.32 Å². The van der Waals surface area contributed by atoms with Crippen LogP contribution in [-0.2, 0) is 16.2 Å². The summed E-state index contributed by atoms with van der Waals surface area (Å²) in [5.74, 6) is 0. The third kappa shape index (κ3) is 3.13. The van der Waals surface area contributed by atoms with E-state index in [1.165, 1.54) is 10.4 Å². The van der Waals surface area contributed by atoms with Crippen LogP contribution in [0.2, 0.25) is 0 Å². The molecule has 20 heavy (non-hydrogen) atoms. The van der Waals surface area contributed by atoms with Crippen LogP contribution < -0.4 is 5.32 Å². The van der Waals surface area contributed by atoms with Crippen molar-refractivity contribution < 1.29 is 21.6 Å². The summed E-state index contributed by atoms with van der Waals surface area (Å²) in [6.07, 6.45) is -4.55. The van der Waals surface area contributed by atoms with Gasteiger partial charge in [0, 0.05) is 25.7 Å². The van der Waals surface area contributed by atoms with Crippen molar-refractivity contribution in [2.45, 2.75) is 24.0 Å². The quantitative estimate of drug-likeness (QED) is 0.904. The molecule has 112 valence electrons. The number of rotatable bonds is 2. The van der Waals surface area contributed by atoms with Crippen molar-refractivity contribution in [3.8, 4) is 0 Å². The van der Waals surface area contributed by atoms with E-state index < -0.39 is 21.8 Å². The van der Waals surface area contributed by atoms with Gasteiger partial charge in [0.05, 0.1) is 10.5 Å². The van der Waals surface area contributed by atoms with Gasteiger partial charge in [0.25, 0.3) is 0 Å². The van der Waals surface area contributed by atoms with E-state index in [-0.39, 0.29) is 24.0 Å². The fraction of sp³-hybridized carbons (Fsp3) is 0.500. The van der Waals surface area contributed by atoms with Crippen molar-refractivity contribution in [3.63, 3.8) is 0 Å². The van der Waals surface area contributed by atoms with E-state index in [1.807, 2.05) is 6.92 Å². The van der Waals surface area contributed by atoms with Gasteiger partial charge in [0.2, 0.25) is 10.0 Å². The number of hydrogen-bond donors (Lipinski definition) is 1. The summed E-state index contributed by atoms with van der Waals surface area (Å²) in [6.45, 7) is 2.81. The zero-order chi connectivity index (χ0) is 15.0. The molecule has 0 saturated carbocycles. The normalized spacial score (nSPS) is 21.9. The molecule has 1 aliphatic heterocycles. The third-order valence-corrected chi connectivity index (χ3v) is 4.99. The summed E-state index contributed by atoms with van der Waals surface area (Å²) in [5, 5.41) is 3.09. The molecule has 1 aliphatic rings. The van der Waals surface area contributed by atoms with Crippen LogP contribution in [0.25, 0.3) is 0 Å². The van der Waals surface area contributed by atoms with E-state index in [0.717, 1.165) is 12.1 Å². The van der Waals surface area contributed by atoms with Gasteiger partial charge in [-0.25, -0.2) is 8.42 Å². The molecule has 0 radical (unpaired) electrons. The molecule has 1 heterocycles. The second-order valence-electron chi connectivity index (χ2n) is 4.74. The largest absolute Gasteiger partial charge is 0.416 e. The molecule has 0 amide bonds. The van der Waals surface area contributed by atoms with Gasteiger partial charge in [-0.2, -0.15) is 17.5 Å². The number of nitrogens with one attached hydrogen (secondary N) is 1. The Morgan fingerprint density at radius 3 is 2.65 bits per heavy atom. The van der Waals surface area contributed by atoms with Gasteiger partial charge >= 0.3 is 6.18 Å². The van der Waals surface area contributed by atoms with Gasteiger partial charge in [0.1, 0.15) is 0 Å². The molecular weight excluding hydrogens is 293 g/mol. The summed E-state index contributed by atoms with van der Waals surface area (Å²) in [4.78, 5) is -0.318. The van der Waals surface area contributed by atoms with E-state index >= 15 is 0 Å². The Bertz CT molecular complexity index is 587. The van der Waals surface area contributed by atoms with E-state index in [9.17, 15) is 21.6 Å². The molecule has 2 rings (SSSR count). The Labute approximate surface area is 115 Å². The highest BCUT2D eigenvalue weighted by molar-refractivity contribution is 7.89. The van der Waals surface area contributed by atoms with Crippen molar-refractivity contribution in [2.75, 3.05) is 19.6 Å². The fourth-order valence-corrected chi connectivity index (χ4v) is 3.67. The van der Waals surface area contributed by atoms with Crippen molar-refractivity contribution in [3.05, 3.63) is 29.8 Å². The summed E-state index contributed by atoms with van der Waals surface area (Å²) >= 11 is 0. The van der Waals surface area contributed by atoms with Gasteiger partial charge in [-0.15, -0.1) is 0 Å². The number of nitrogens with zero attached hydrogens (tertiary/aromatic N) is 1. The monoisotopic (exact) mass is 308 g/mol. The average Bonchev–Trinajstić information content (AvgIpc) is 2.38. The van der Waals surface area contributed by atoms with Crippen molar-refractivity contribution in [1.29, 1.82) is 0 Å². The summed E-state index contributed by atoms with van der Waals surface area (Å²) in [5.41, 5.74) is -0.957. The molecule has 1 saturated heterocycles. The first-order valence-electron chi connectivity index (χ1n) is 6.12. The highest BCUT2D eigenvalue weighted by atomic mass is 32.2. The lowest BCUT2D eigenvalue weighted by molar-refractivity contribution is -0.137. The molecule has 4 nitrogen and oxygen atoms in total. The molecule has 1 fully saturated rings. The zero-order valence-corrected chi connectivity index (χ0v) is 11.6. The number of benzene rings is 1. The number of piperazine rings is 1. The number of alkyl halides is 3. The van der Waals surface area contributed by atoms with Crippen LogP contribution in [0.4, 0.5) is 13.2 Å². The van der Waals surface area contributed by atoms with Crippen LogP contribution in [0.1, 0.15) is 12.5 Å². The Morgan fingerprint density at radius 1 is 1.35 bits per heavy atom. The summed E-state index contributed by atoms with van der Waals surface area (Å²) in [6, 6.07) is 3.82. The molecule has 1 unspecified atom stereocenters. The minimum atomic E-state index is -4.55. The molecule has 0 spiro atoms. The Hall–Kier alpha value is -1.12. The summed E-state index contributed by atoms with van der Waals surface area (Å²) in [7, 11) is -3.88. The van der Waals surface area contributed by atoms with Gasteiger partial charge in [-0.05, 0) is 25.1 Å². The van der Waals surface area contributed by atoms with E-state index in [2.05, 4.69) is 5.32 Å². The standard InChI is InChI=1S/C12H15F3N2O2S/c1-9-8-17(6-5-16-9)20(18,19)11-4-2-3-10(7-11)12(13,14)15/h2-4,7,9,16H,5-6,8H2,1H3. The van der Waals surface area contributed by atoms with Crippen molar-refractivity contribution in [1.82, 2.24) is 9.62 Å². The van der Waals surface area contributed by atoms with Gasteiger partial charge in [-0.3, -0.25) is 0 Å². The van der Waals surface area contributed by atoms with Crippen LogP contribution in [-0.4, -0.2) is 38.4 Å². The van der Waals surface area contributed by atoms with E-state index in [1.54, 1.807) is 0 Å². The van der Waals surface area contributed by atoms with E-state index in [4.69, 9.17) is 0 Å². The van der Waals surface area contributed by atoms with Gasteiger partial charge in [-0.1, -0.05) is 6.07 Å². The molecule has 0 aromatic heterocycles. The predicted molar refractivity (Wildman–Crippen MR) is 67.7 cm³/mol. The second kappa shape index (κ2) is 5.34. The average molecular weight is 308 g/mol. The topological polar surface area (TPSA) is 49.4 Å². The second-order valence-corrected chi connectivity index (χ2v) is 6.68.